The maximum Gasteiger partial charge on any atom is 0.182 e. The van der Waals surface area contributed by atoms with Gasteiger partial charge in [-0.2, -0.15) is 0 Å². The molecule has 1 aromatic rings. The van der Waals surface area contributed by atoms with Crippen LogP contribution in [0.3, 0.4) is 0 Å². The van der Waals surface area contributed by atoms with E-state index in [4.69, 9.17) is 0 Å². The molecule has 0 radical (unpaired) electrons. The summed E-state index contributed by atoms with van der Waals surface area (Å²) in [6.45, 7) is 5.29. The van der Waals surface area contributed by atoms with Crippen LogP contribution in [0.15, 0.2) is 6.20 Å². The van der Waals surface area contributed by atoms with Gasteiger partial charge in [-0.25, -0.2) is 4.98 Å². The Balaban J connectivity index is 1.96. The zero-order valence-corrected chi connectivity index (χ0v) is 11.9. The van der Waals surface area contributed by atoms with Crippen LogP contribution in [0.4, 0.5) is 5.13 Å². The molecule has 0 saturated carbocycles. The molecule has 1 aliphatic rings. The monoisotopic (exact) mass is 269 g/mol. The highest BCUT2D eigenvalue weighted by Crippen LogP contribution is 2.23. The van der Waals surface area contributed by atoms with Crippen LogP contribution in [-0.2, 0) is 6.54 Å². The molecule has 102 valence electrons. The lowest BCUT2D eigenvalue weighted by atomic mass is 10.1. The summed E-state index contributed by atoms with van der Waals surface area (Å²) >= 11 is 1.72. The molecule has 4 nitrogen and oxygen atoms in total. The van der Waals surface area contributed by atoms with Crippen molar-refractivity contribution >= 4 is 16.5 Å². The fraction of sp³-hybridized carbons (Fsp3) is 0.769. The number of hydrogen-bond donors (Lipinski definition) is 2. The zero-order valence-electron chi connectivity index (χ0n) is 11.1. The summed E-state index contributed by atoms with van der Waals surface area (Å²) < 4.78 is 0. The van der Waals surface area contributed by atoms with Crippen LogP contribution in [0.5, 0.6) is 0 Å². The molecule has 0 bridgehead atoms. The molecule has 1 fully saturated rings. The van der Waals surface area contributed by atoms with E-state index in [0.717, 1.165) is 31.2 Å². The van der Waals surface area contributed by atoms with Crippen LogP contribution in [0.1, 0.15) is 37.5 Å². The molecule has 1 saturated heterocycles. The number of anilines is 1. The molecule has 2 N–H and O–H groups in total. The van der Waals surface area contributed by atoms with E-state index in [-0.39, 0.29) is 6.61 Å². The first kappa shape index (κ1) is 13.8. The number of aliphatic hydroxyl groups excluding tert-OH is 1. The second-order valence-electron chi connectivity index (χ2n) is 4.82. The molecule has 1 unspecified atom stereocenters. The maximum atomic E-state index is 9.49. The van der Waals surface area contributed by atoms with Gasteiger partial charge in [-0.05, 0) is 26.3 Å². The van der Waals surface area contributed by atoms with E-state index in [1.165, 1.54) is 24.1 Å². The van der Waals surface area contributed by atoms with Gasteiger partial charge in [0.15, 0.2) is 5.13 Å². The molecule has 2 rings (SSSR count). The van der Waals surface area contributed by atoms with Gasteiger partial charge in [-0.3, -0.25) is 4.90 Å². The minimum absolute atomic E-state index is 0.277. The average Bonchev–Trinajstić information content (AvgIpc) is 2.69. The van der Waals surface area contributed by atoms with Crippen molar-refractivity contribution in [1.29, 1.82) is 0 Å². The van der Waals surface area contributed by atoms with Crippen molar-refractivity contribution in [2.24, 2.45) is 0 Å². The molecule has 0 aliphatic carbocycles. The molecule has 1 atom stereocenters. The second kappa shape index (κ2) is 7.07. The number of nitrogens with zero attached hydrogens (tertiary/aromatic N) is 2. The fourth-order valence-corrected chi connectivity index (χ4v) is 3.37. The van der Waals surface area contributed by atoms with E-state index in [1.54, 1.807) is 11.3 Å². The van der Waals surface area contributed by atoms with Gasteiger partial charge in [-0.15, -0.1) is 11.3 Å². The smallest absolute Gasteiger partial charge is 0.182 e. The van der Waals surface area contributed by atoms with Gasteiger partial charge in [0.2, 0.25) is 0 Å². The first-order valence-corrected chi connectivity index (χ1v) is 7.68. The van der Waals surface area contributed by atoms with Crippen molar-refractivity contribution in [1.82, 2.24) is 9.88 Å². The van der Waals surface area contributed by atoms with Crippen LogP contribution in [0, 0.1) is 0 Å². The van der Waals surface area contributed by atoms with Crippen LogP contribution in [0.25, 0.3) is 0 Å². The summed E-state index contributed by atoms with van der Waals surface area (Å²) in [5.41, 5.74) is 0. The summed E-state index contributed by atoms with van der Waals surface area (Å²) in [4.78, 5) is 8.06. The van der Waals surface area contributed by atoms with Gasteiger partial charge in [0.05, 0.1) is 6.61 Å². The summed E-state index contributed by atoms with van der Waals surface area (Å²) in [6, 6.07) is 0.331. The summed E-state index contributed by atoms with van der Waals surface area (Å²) in [6.07, 6.45) is 6.86. The fourth-order valence-electron chi connectivity index (χ4n) is 2.47. The van der Waals surface area contributed by atoms with Crippen molar-refractivity contribution in [3.05, 3.63) is 11.1 Å². The number of rotatable bonds is 5. The van der Waals surface area contributed by atoms with Crippen LogP contribution < -0.4 is 5.32 Å². The minimum atomic E-state index is 0.277. The Labute approximate surface area is 113 Å². The third kappa shape index (κ3) is 3.67. The predicted octanol–water partition coefficient (Wildman–Crippen LogP) is 2.31. The molecule has 0 aromatic carbocycles. The molecule has 2 heterocycles. The van der Waals surface area contributed by atoms with Gasteiger partial charge >= 0.3 is 0 Å². The summed E-state index contributed by atoms with van der Waals surface area (Å²) in [5, 5.41) is 13.7. The highest BCUT2D eigenvalue weighted by Gasteiger charge is 2.20. The van der Waals surface area contributed by atoms with E-state index in [0.29, 0.717) is 6.04 Å². The van der Waals surface area contributed by atoms with Gasteiger partial charge in [0, 0.05) is 30.2 Å². The quantitative estimate of drug-likeness (QED) is 0.861. The van der Waals surface area contributed by atoms with E-state index in [9.17, 15) is 5.11 Å². The van der Waals surface area contributed by atoms with Crippen molar-refractivity contribution in [2.45, 2.75) is 45.2 Å². The SMILES string of the molecule is CCNc1ncc(CN2CCCCCC2CO)s1. The largest absolute Gasteiger partial charge is 0.395 e. The lowest BCUT2D eigenvalue weighted by Crippen LogP contribution is -2.36. The maximum absolute atomic E-state index is 9.49. The van der Waals surface area contributed by atoms with Crippen molar-refractivity contribution in [2.75, 3.05) is 25.0 Å². The molecule has 18 heavy (non-hydrogen) atoms. The predicted molar refractivity (Wildman–Crippen MR) is 76.0 cm³/mol. The topological polar surface area (TPSA) is 48.4 Å². The van der Waals surface area contributed by atoms with E-state index in [2.05, 4.69) is 22.1 Å². The Morgan fingerprint density at radius 1 is 1.50 bits per heavy atom. The molecule has 1 aliphatic heterocycles. The number of aliphatic hydroxyl groups is 1. The van der Waals surface area contributed by atoms with Gasteiger partial charge < -0.3 is 10.4 Å². The third-order valence-electron chi connectivity index (χ3n) is 3.45. The number of hydrogen-bond acceptors (Lipinski definition) is 5. The molecule has 0 amide bonds. The Morgan fingerprint density at radius 3 is 3.17 bits per heavy atom. The highest BCUT2D eigenvalue weighted by atomic mass is 32.1. The van der Waals surface area contributed by atoms with Crippen molar-refractivity contribution < 1.29 is 5.11 Å². The average molecular weight is 269 g/mol. The number of aromatic nitrogens is 1. The lowest BCUT2D eigenvalue weighted by molar-refractivity contribution is 0.119. The third-order valence-corrected chi connectivity index (χ3v) is 4.39. The number of thiazole rings is 1. The summed E-state index contributed by atoms with van der Waals surface area (Å²) in [5.74, 6) is 0. The Morgan fingerprint density at radius 2 is 2.39 bits per heavy atom. The van der Waals surface area contributed by atoms with Gasteiger partial charge in [0.1, 0.15) is 0 Å². The minimum Gasteiger partial charge on any atom is -0.395 e. The Hall–Kier alpha value is -0.650. The Bertz CT molecular complexity index is 356. The van der Waals surface area contributed by atoms with Gasteiger partial charge in [0.25, 0.3) is 0 Å². The van der Waals surface area contributed by atoms with Crippen LogP contribution in [0.2, 0.25) is 0 Å². The number of nitrogens with one attached hydrogen (secondary N) is 1. The van der Waals surface area contributed by atoms with Crippen molar-refractivity contribution in [3.8, 4) is 0 Å². The standard InChI is InChI=1S/C13H23N3OS/c1-2-14-13-15-8-12(18-13)9-16-7-5-3-4-6-11(16)10-17/h8,11,17H,2-7,9-10H2,1H3,(H,14,15). The molecule has 0 spiro atoms. The first-order chi connectivity index (χ1) is 8.83. The van der Waals surface area contributed by atoms with Crippen molar-refractivity contribution in [3.63, 3.8) is 0 Å². The highest BCUT2D eigenvalue weighted by molar-refractivity contribution is 7.15. The normalized spacial score (nSPS) is 21.8. The van der Waals surface area contributed by atoms with Gasteiger partial charge in [-0.1, -0.05) is 12.8 Å². The molecule has 1 aromatic heterocycles. The summed E-state index contributed by atoms with van der Waals surface area (Å²) in [7, 11) is 0. The van der Waals surface area contributed by atoms with Crippen LogP contribution >= 0.6 is 11.3 Å². The Kier molecular flexibility index (Phi) is 5.41. The molecule has 5 heteroatoms. The lowest BCUT2D eigenvalue weighted by Gasteiger charge is -2.27. The number of likely N-dealkylation sites (tertiary alicyclic amines) is 1. The molecular formula is C13H23N3OS. The first-order valence-electron chi connectivity index (χ1n) is 6.87. The second-order valence-corrected chi connectivity index (χ2v) is 5.93. The van der Waals surface area contributed by atoms with E-state index >= 15 is 0 Å². The zero-order chi connectivity index (χ0) is 12.8. The van der Waals surface area contributed by atoms with E-state index < -0.39 is 0 Å². The van der Waals surface area contributed by atoms with E-state index in [1.807, 2.05) is 6.20 Å². The van der Waals surface area contributed by atoms with Crippen LogP contribution in [-0.4, -0.2) is 40.7 Å². The molecular weight excluding hydrogens is 246 g/mol.